The van der Waals surface area contributed by atoms with Gasteiger partial charge in [0, 0.05) is 11.6 Å². The first-order valence-corrected chi connectivity index (χ1v) is 13.2. The van der Waals surface area contributed by atoms with Gasteiger partial charge >= 0.3 is 0 Å². The molecular formula is C29H26N2O6S. The second kappa shape index (κ2) is 10.2. The summed E-state index contributed by atoms with van der Waals surface area (Å²) in [7, 11) is 0.480. The van der Waals surface area contributed by atoms with Gasteiger partial charge in [-0.05, 0) is 64.2 Å². The molecule has 1 unspecified atom stereocenters. The van der Waals surface area contributed by atoms with E-state index in [0.717, 1.165) is 16.2 Å². The zero-order valence-electron chi connectivity index (χ0n) is 21.0. The number of aromatic hydroxyl groups is 1. The number of rotatable bonds is 8. The van der Waals surface area contributed by atoms with Crippen molar-refractivity contribution in [3.05, 3.63) is 96.3 Å². The number of phenols is 1. The molecule has 0 amide bonds. The summed E-state index contributed by atoms with van der Waals surface area (Å²) in [6.45, 7) is 0. The molecule has 0 spiro atoms. The Morgan fingerprint density at radius 2 is 1.50 bits per heavy atom. The van der Waals surface area contributed by atoms with E-state index < -0.39 is 16.1 Å². The number of hydrogen-bond acceptors (Lipinski definition) is 7. The fraction of sp³-hybridized carbons (Fsp3) is 0.138. The second-order valence-electron chi connectivity index (χ2n) is 8.62. The van der Waals surface area contributed by atoms with Gasteiger partial charge in [-0.25, -0.2) is 8.42 Å². The molecule has 1 aromatic heterocycles. The molecule has 5 aromatic rings. The Morgan fingerprint density at radius 1 is 0.763 bits per heavy atom. The van der Waals surface area contributed by atoms with Crippen LogP contribution in [0.1, 0.15) is 17.3 Å². The summed E-state index contributed by atoms with van der Waals surface area (Å²) in [5.74, 6) is 1.15. The summed E-state index contributed by atoms with van der Waals surface area (Å²) in [6, 6.07) is 21.7. The first-order valence-electron chi connectivity index (χ1n) is 11.7. The topological polar surface area (TPSA) is 107 Å². The number of sulfonamides is 1. The molecular weight excluding hydrogens is 504 g/mol. The Hall–Kier alpha value is -4.34. The van der Waals surface area contributed by atoms with Crippen LogP contribution in [-0.2, 0) is 10.0 Å². The minimum Gasteiger partial charge on any atom is -0.504 e. The fourth-order valence-corrected chi connectivity index (χ4v) is 5.70. The molecule has 38 heavy (non-hydrogen) atoms. The van der Waals surface area contributed by atoms with Crippen LogP contribution in [0.3, 0.4) is 0 Å². The third-order valence-electron chi connectivity index (χ3n) is 6.41. The van der Waals surface area contributed by atoms with Gasteiger partial charge in [-0.15, -0.1) is 0 Å². The molecule has 1 atom stereocenters. The molecule has 0 aliphatic heterocycles. The van der Waals surface area contributed by atoms with Crippen LogP contribution in [0, 0.1) is 0 Å². The normalized spacial score (nSPS) is 12.4. The van der Waals surface area contributed by atoms with E-state index in [2.05, 4.69) is 9.71 Å². The molecule has 9 heteroatoms. The summed E-state index contributed by atoms with van der Waals surface area (Å²) in [5.41, 5.74) is 0.972. The number of nitrogens with one attached hydrogen (secondary N) is 1. The Balaban J connectivity index is 1.69. The Kier molecular flexibility index (Phi) is 6.79. The lowest BCUT2D eigenvalue weighted by Gasteiger charge is -2.22. The fourth-order valence-electron chi connectivity index (χ4n) is 4.48. The van der Waals surface area contributed by atoms with E-state index in [1.807, 2.05) is 24.3 Å². The minimum atomic E-state index is -4.02. The van der Waals surface area contributed by atoms with Crippen molar-refractivity contribution in [1.82, 2.24) is 9.71 Å². The molecule has 0 saturated heterocycles. The number of pyridine rings is 1. The molecule has 194 valence electrons. The van der Waals surface area contributed by atoms with Gasteiger partial charge in [-0.3, -0.25) is 4.98 Å². The first-order chi connectivity index (χ1) is 18.3. The number of methoxy groups -OCH3 is 3. The molecule has 1 heterocycles. The standard InChI is InChI=1S/C29H26N2O6S/c1-35-25-11-9-21(16-27(25)37-3)28(29-23-17-24(32)26(36-2)15-20(23)12-13-30-29)31-38(33,34)22-10-8-18-6-4-5-7-19(18)14-22/h4-17,28,31-32H,1-3H3. The van der Waals surface area contributed by atoms with Crippen LogP contribution in [-0.4, -0.2) is 39.8 Å². The number of nitrogens with zero attached hydrogens (tertiary/aromatic N) is 1. The van der Waals surface area contributed by atoms with Gasteiger partial charge in [0.05, 0.1) is 38.0 Å². The predicted molar refractivity (Wildman–Crippen MR) is 146 cm³/mol. The van der Waals surface area contributed by atoms with E-state index in [4.69, 9.17) is 14.2 Å². The van der Waals surface area contributed by atoms with Gasteiger partial charge < -0.3 is 19.3 Å². The zero-order chi connectivity index (χ0) is 26.9. The van der Waals surface area contributed by atoms with Gasteiger partial charge in [-0.1, -0.05) is 36.4 Å². The van der Waals surface area contributed by atoms with Crippen molar-refractivity contribution < 1.29 is 27.7 Å². The number of fused-ring (bicyclic) bond motifs is 2. The molecule has 0 aliphatic carbocycles. The molecule has 4 aromatic carbocycles. The lowest BCUT2D eigenvalue weighted by molar-refractivity contribution is 0.354. The summed E-state index contributed by atoms with van der Waals surface area (Å²) < 4.78 is 46.4. The van der Waals surface area contributed by atoms with Crippen LogP contribution >= 0.6 is 0 Å². The average Bonchev–Trinajstić information content (AvgIpc) is 2.94. The van der Waals surface area contributed by atoms with Gasteiger partial charge in [0.25, 0.3) is 0 Å². The van der Waals surface area contributed by atoms with Crippen molar-refractivity contribution in [3.8, 4) is 23.0 Å². The lowest BCUT2D eigenvalue weighted by atomic mass is 9.98. The summed E-state index contributed by atoms with van der Waals surface area (Å²) in [6.07, 6.45) is 1.59. The maximum atomic E-state index is 13.7. The van der Waals surface area contributed by atoms with E-state index in [9.17, 15) is 13.5 Å². The van der Waals surface area contributed by atoms with Gasteiger partial charge in [0.2, 0.25) is 10.0 Å². The van der Waals surface area contributed by atoms with E-state index >= 15 is 0 Å². The third-order valence-corrected chi connectivity index (χ3v) is 7.83. The summed E-state index contributed by atoms with van der Waals surface area (Å²) >= 11 is 0. The Labute approximate surface area is 220 Å². The molecule has 0 saturated carbocycles. The third kappa shape index (κ3) is 4.69. The SMILES string of the molecule is COc1cc2ccnc(C(NS(=O)(=O)c3ccc4ccccc4c3)c3ccc(OC)c(OC)c3)c2cc1O. The predicted octanol–water partition coefficient (Wildman–Crippen LogP) is 5.19. The number of aromatic nitrogens is 1. The molecule has 0 aliphatic rings. The van der Waals surface area contributed by atoms with E-state index in [0.29, 0.717) is 33.9 Å². The van der Waals surface area contributed by atoms with Crippen LogP contribution in [0.2, 0.25) is 0 Å². The van der Waals surface area contributed by atoms with Crippen LogP contribution in [0.15, 0.2) is 90.0 Å². The van der Waals surface area contributed by atoms with Crippen molar-refractivity contribution in [2.24, 2.45) is 0 Å². The van der Waals surface area contributed by atoms with Gasteiger partial charge in [0.1, 0.15) is 0 Å². The van der Waals surface area contributed by atoms with Crippen LogP contribution in [0.25, 0.3) is 21.5 Å². The minimum absolute atomic E-state index is 0.0855. The smallest absolute Gasteiger partial charge is 0.241 e. The number of phenolic OH excluding ortho intramolecular Hbond substituents is 1. The summed E-state index contributed by atoms with van der Waals surface area (Å²) in [4.78, 5) is 4.67. The number of benzene rings is 4. The van der Waals surface area contributed by atoms with Crippen LogP contribution < -0.4 is 18.9 Å². The Bertz CT molecular complexity index is 1750. The van der Waals surface area contributed by atoms with Crippen molar-refractivity contribution in [2.75, 3.05) is 21.3 Å². The largest absolute Gasteiger partial charge is 0.504 e. The lowest BCUT2D eigenvalue weighted by Crippen LogP contribution is -2.30. The van der Waals surface area contributed by atoms with Crippen LogP contribution in [0.4, 0.5) is 0 Å². The van der Waals surface area contributed by atoms with Gasteiger partial charge in [-0.2, -0.15) is 4.72 Å². The van der Waals surface area contributed by atoms with E-state index in [1.54, 1.807) is 54.7 Å². The second-order valence-corrected chi connectivity index (χ2v) is 10.3. The number of ether oxygens (including phenoxy) is 3. The molecule has 0 fully saturated rings. The van der Waals surface area contributed by atoms with Crippen molar-refractivity contribution in [1.29, 1.82) is 0 Å². The average molecular weight is 531 g/mol. The highest BCUT2D eigenvalue weighted by Crippen LogP contribution is 2.38. The summed E-state index contributed by atoms with van der Waals surface area (Å²) in [5, 5.41) is 13.5. The first kappa shape index (κ1) is 25.3. The molecule has 0 radical (unpaired) electrons. The monoisotopic (exact) mass is 530 g/mol. The Morgan fingerprint density at radius 3 is 2.24 bits per heavy atom. The highest BCUT2D eigenvalue weighted by molar-refractivity contribution is 7.89. The zero-order valence-corrected chi connectivity index (χ0v) is 21.8. The molecule has 8 nitrogen and oxygen atoms in total. The maximum Gasteiger partial charge on any atom is 0.241 e. The quantitative estimate of drug-likeness (QED) is 0.284. The van der Waals surface area contributed by atoms with Gasteiger partial charge in [0.15, 0.2) is 23.0 Å². The number of hydrogen-bond donors (Lipinski definition) is 2. The molecule has 2 N–H and O–H groups in total. The van der Waals surface area contributed by atoms with E-state index in [-0.39, 0.29) is 10.6 Å². The van der Waals surface area contributed by atoms with Crippen molar-refractivity contribution >= 4 is 31.6 Å². The highest BCUT2D eigenvalue weighted by atomic mass is 32.2. The molecule has 0 bridgehead atoms. The van der Waals surface area contributed by atoms with E-state index in [1.165, 1.54) is 27.4 Å². The van der Waals surface area contributed by atoms with Crippen LogP contribution in [0.5, 0.6) is 23.0 Å². The maximum absolute atomic E-state index is 13.7. The van der Waals surface area contributed by atoms with Crippen molar-refractivity contribution in [2.45, 2.75) is 10.9 Å². The highest BCUT2D eigenvalue weighted by Gasteiger charge is 2.27. The van der Waals surface area contributed by atoms with Crippen molar-refractivity contribution in [3.63, 3.8) is 0 Å². The molecule has 5 rings (SSSR count).